The maximum Gasteiger partial charge on any atom is 0.417 e. The number of anilines is 1. The molecule has 1 fully saturated rings. The zero-order valence-electron chi connectivity index (χ0n) is 19.6. The number of aromatic hydroxyl groups is 2. The molecule has 36 heavy (non-hydrogen) atoms. The first-order valence-corrected chi connectivity index (χ1v) is 11.2. The van der Waals surface area contributed by atoms with E-state index >= 15 is 0 Å². The number of benzene rings is 2. The molecule has 7 nitrogen and oxygen atoms in total. The second-order valence-corrected chi connectivity index (χ2v) is 9.50. The zero-order chi connectivity index (χ0) is 26.2. The molecule has 1 amide bonds. The summed E-state index contributed by atoms with van der Waals surface area (Å²) in [4.78, 5) is 15.0. The Labute approximate surface area is 204 Å². The summed E-state index contributed by atoms with van der Waals surface area (Å²) in [6.07, 6.45) is -4.62. The van der Waals surface area contributed by atoms with Crippen molar-refractivity contribution < 1.29 is 32.9 Å². The number of para-hydroxylation sites is 1. The highest BCUT2D eigenvalue weighted by molar-refractivity contribution is 5.96. The van der Waals surface area contributed by atoms with Gasteiger partial charge in [-0.05, 0) is 50.6 Å². The minimum atomic E-state index is -4.82. The average Bonchev–Trinajstić information content (AvgIpc) is 3.38. The Morgan fingerprint density at radius 1 is 1.14 bits per heavy atom. The van der Waals surface area contributed by atoms with Crippen LogP contribution in [0.4, 0.5) is 18.9 Å². The third-order valence-corrected chi connectivity index (χ3v) is 7.30. The Hall–Kier alpha value is -3.97. The number of carbonyl (C=O) groups is 1. The maximum atomic E-state index is 13.6. The molecule has 1 aromatic heterocycles. The van der Waals surface area contributed by atoms with Gasteiger partial charge in [-0.3, -0.25) is 9.36 Å². The van der Waals surface area contributed by atoms with Crippen molar-refractivity contribution in [2.75, 3.05) is 11.9 Å². The molecule has 2 aliphatic rings. The van der Waals surface area contributed by atoms with E-state index in [-0.39, 0.29) is 29.1 Å². The first-order chi connectivity index (χ1) is 16.8. The summed E-state index contributed by atoms with van der Waals surface area (Å²) in [6, 6.07) is 13.4. The molecule has 3 aromatic rings. The average molecular weight is 497 g/mol. The van der Waals surface area contributed by atoms with Crippen molar-refractivity contribution in [3.05, 3.63) is 70.8 Å². The van der Waals surface area contributed by atoms with Gasteiger partial charge in [0.1, 0.15) is 5.60 Å². The monoisotopic (exact) mass is 497 g/mol. The number of ether oxygens (including phenoxy) is 1. The van der Waals surface area contributed by atoms with E-state index in [0.717, 1.165) is 10.6 Å². The number of hydrogen-bond donors (Lipinski definition) is 2. The highest BCUT2D eigenvalue weighted by Crippen LogP contribution is 2.66. The molecule has 5 rings (SSSR count). The molecule has 3 atom stereocenters. The van der Waals surface area contributed by atoms with Gasteiger partial charge in [0.05, 0.1) is 45.5 Å². The van der Waals surface area contributed by atoms with Gasteiger partial charge in [-0.15, -0.1) is 0 Å². The van der Waals surface area contributed by atoms with Gasteiger partial charge in [-0.25, -0.2) is 0 Å². The van der Waals surface area contributed by atoms with Gasteiger partial charge in [0.25, 0.3) is 0 Å². The van der Waals surface area contributed by atoms with Crippen LogP contribution in [0.1, 0.15) is 42.5 Å². The predicted octanol–water partition coefficient (Wildman–Crippen LogP) is 4.92. The van der Waals surface area contributed by atoms with Crippen LogP contribution in [0.5, 0.6) is 11.8 Å². The van der Waals surface area contributed by atoms with Crippen LogP contribution in [0.15, 0.2) is 48.5 Å². The molecule has 186 valence electrons. The van der Waals surface area contributed by atoms with E-state index in [1.54, 1.807) is 45.2 Å². The number of fused-ring (bicyclic) bond motifs is 5. The Kier molecular flexibility index (Phi) is 4.96. The standard InChI is InChI=1S/C26H22F3N3O4/c1-24-12-18(21(33)31(3)15-7-5-4-6-8-15)25(2,36-24)20-19(24)22(34)32(23(20)35)16-10-9-14(13-30)17(11-16)26(27,28)29/h4-11,18,34-35H,12H2,1-3H3/t18-,24+,25-/m0/s1. The number of rotatable bonds is 3. The Balaban J connectivity index is 1.63. The van der Waals surface area contributed by atoms with Crippen molar-refractivity contribution in [1.29, 1.82) is 5.26 Å². The molecular formula is C26H22F3N3O4. The van der Waals surface area contributed by atoms with Crippen LogP contribution in [-0.4, -0.2) is 27.7 Å². The van der Waals surface area contributed by atoms with Crippen molar-refractivity contribution in [2.24, 2.45) is 5.92 Å². The predicted molar refractivity (Wildman–Crippen MR) is 123 cm³/mol. The van der Waals surface area contributed by atoms with Crippen LogP contribution < -0.4 is 4.90 Å². The lowest BCUT2D eigenvalue weighted by molar-refractivity contribution is -0.137. The number of aromatic nitrogens is 1. The summed E-state index contributed by atoms with van der Waals surface area (Å²) in [5, 5.41) is 31.4. The lowest BCUT2D eigenvalue weighted by Gasteiger charge is -2.32. The molecule has 0 unspecified atom stereocenters. The molecule has 3 heterocycles. The molecule has 2 aromatic carbocycles. The fourth-order valence-corrected chi connectivity index (χ4v) is 5.65. The number of carbonyl (C=O) groups excluding carboxylic acids is 1. The molecule has 2 bridgehead atoms. The number of hydrogen-bond acceptors (Lipinski definition) is 5. The Morgan fingerprint density at radius 2 is 1.78 bits per heavy atom. The topological polar surface area (TPSA) is 98.7 Å². The number of nitriles is 1. The lowest BCUT2D eigenvalue weighted by atomic mass is 9.72. The van der Waals surface area contributed by atoms with E-state index in [1.165, 1.54) is 17.0 Å². The lowest BCUT2D eigenvalue weighted by Crippen LogP contribution is -2.42. The molecule has 0 saturated carbocycles. The number of amides is 1. The van der Waals surface area contributed by atoms with Crippen LogP contribution >= 0.6 is 0 Å². The van der Waals surface area contributed by atoms with Gasteiger partial charge in [-0.2, -0.15) is 18.4 Å². The third kappa shape index (κ3) is 3.12. The van der Waals surface area contributed by atoms with Gasteiger partial charge >= 0.3 is 6.18 Å². The summed E-state index contributed by atoms with van der Waals surface area (Å²) in [7, 11) is 1.63. The van der Waals surface area contributed by atoms with E-state index < -0.39 is 46.2 Å². The number of alkyl halides is 3. The summed E-state index contributed by atoms with van der Waals surface area (Å²) >= 11 is 0. The first kappa shape index (κ1) is 23.8. The quantitative estimate of drug-likeness (QED) is 0.535. The molecule has 2 N–H and O–H groups in total. The first-order valence-electron chi connectivity index (χ1n) is 11.2. The SMILES string of the molecule is CN(C(=O)[C@@H]1C[C@@]2(C)O[C@]1(C)c1c2c(O)n(-c2ccc(C#N)c(C(F)(F)F)c2)c1O)c1ccccc1. The molecular weight excluding hydrogens is 475 g/mol. The largest absolute Gasteiger partial charge is 0.494 e. The van der Waals surface area contributed by atoms with Crippen LogP contribution in [-0.2, 0) is 26.9 Å². The van der Waals surface area contributed by atoms with E-state index in [0.29, 0.717) is 11.8 Å². The van der Waals surface area contributed by atoms with Crippen LogP contribution in [0.2, 0.25) is 0 Å². The third-order valence-electron chi connectivity index (χ3n) is 7.30. The van der Waals surface area contributed by atoms with Crippen molar-refractivity contribution in [3.8, 4) is 23.5 Å². The number of halogens is 3. The van der Waals surface area contributed by atoms with Crippen molar-refractivity contribution in [3.63, 3.8) is 0 Å². The fraction of sp³-hybridized carbons (Fsp3) is 0.308. The second-order valence-electron chi connectivity index (χ2n) is 9.50. The summed E-state index contributed by atoms with van der Waals surface area (Å²) in [5.74, 6) is -1.99. The maximum absolute atomic E-state index is 13.6. The normalized spacial score (nSPS) is 24.4. The smallest absolute Gasteiger partial charge is 0.417 e. The fourth-order valence-electron chi connectivity index (χ4n) is 5.65. The summed E-state index contributed by atoms with van der Waals surface area (Å²) in [5.41, 5.74) is -3.39. The Morgan fingerprint density at radius 3 is 2.39 bits per heavy atom. The van der Waals surface area contributed by atoms with E-state index in [4.69, 9.17) is 10.00 Å². The molecule has 10 heteroatoms. The van der Waals surface area contributed by atoms with Gasteiger partial charge in [0.15, 0.2) is 0 Å². The highest BCUT2D eigenvalue weighted by Gasteiger charge is 2.66. The molecule has 0 spiro atoms. The minimum Gasteiger partial charge on any atom is -0.494 e. The van der Waals surface area contributed by atoms with Crippen molar-refractivity contribution in [1.82, 2.24) is 4.57 Å². The van der Waals surface area contributed by atoms with Crippen molar-refractivity contribution in [2.45, 2.75) is 37.6 Å². The zero-order valence-corrected chi connectivity index (χ0v) is 19.6. The van der Waals surface area contributed by atoms with E-state index in [2.05, 4.69) is 0 Å². The summed E-state index contributed by atoms with van der Waals surface area (Å²) in [6.45, 7) is 3.31. The van der Waals surface area contributed by atoms with Crippen LogP contribution in [0.25, 0.3) is 5.69 Å². The van der Waals surface area contributed by atoms with Crippen LogP contribution in [0, 0.1) is 17.2 Å². The van der Waals surface area contributed by atoms with E-state index in [1.807, 2.05) is 6.07 Å². The van der Waals surface area contributed by atoms with Gasteiger partial charge in [0.2, 0.25) is 17.7 Å². The summed E-state index contributed by atoms with van der Waals surface area (Å²) < 4.78 is 47.8. The van der Waals surface area contributed by atoms with E-state index in [9.17, 15) is 28.2 Å². The van der Waals surface area contributed by atoms with Crippen LogP contribution in [0.3, 0.4) is 0 Å². The van der Waals surface area contributed by atoms with Gasteiger partial charge in [0, 0.05) is 12.7 Å². The second kappa shape index (κ2) is 7.51. The molecule has 2 aliphatic heterocycles. The molecule has 0 radical (unpaired) electrons. The minimum absolute atomic E-state index is 0.159. The van der Waals surface area contributed by atoms with Gasteiger partial charge < -0.3 is 19.8 Å². The molecule has 0 aliphatic carbocycles. The highest BCUT2D eigenvalue weighted by atomic mass is 19.4. The number of nitrogens with zero attached hydrogens (tertiary/aromatic N) is 3. The van der Waals surface area contributed by atoms with Crippen molar-refractivity contribution >= 4 is 11.6 Å². The Bertz CT molecular complexity index is 1440. The van der Waals surface area contributed by atoms with Gasteiger partial charge in [-0.1, -0.05) is 18.2 Å². The molecule has 1 saturated heterocycles.